The van der Waals surface area contributed by atoms with Crippen LogP contribution < -0.4 is 10.5 Å². The summed E-state index contributed by atoms with van der Waals surface area (Å²) in [5.74, 6) is 0.544. The molecule has 0 fully saturated rings. The quantitative estimate of drug-likeness (QED) is 0.835. The summed E-state index contributed by atoms with van der Waals surface area (Å²) >= 11 is 0. The zero-order valence-corrected chi connectivity index (χ0v) is 12.6. The second kappa shape index (κ2) is 5.23. The van der Waals surface area contributed by atoms with Crippen molar-refractivity contribution in [3.8, 4) is 5.75 Å². The minimum Gasteiger partial charge on any atom is -0.485 e. The highest BCUT2D eigenvalue weighted by molar-refractivity contribution is 6.09. The Kier molecular flexibility index (Phi) is 3.51. The van der Waals surface area contributed by atoms with E-state index in [4.69, 9.17) is 10.5 Å². The fourth-order valence-electron chi connectivity index (χ4n) is 2.75. The van der Waals surface area contributed by atoms with Gasteiger partial charge in [0.25, 0.3) is 0 Å². The van der Waals surface area contributed by atoms with Gasteiger partial charge in [-0.3, -0.25) is 4.79 Å². The zero-order valence-electron chi connectivity index (χ0n) is 12.6. The molecule has 114 valence electrons. The van der Waals surface area contributed by atoms with Gasteiger partial charge in [0.1, 0.15) is 17.5 Å². The number of ether oxygens (including phenoxy) is 1. The summed E-state index contributed by atoms with van der Waals surface area (Å²) in [5.41, 5.74) is 7.20. The van der Waals surface area contributed by atoms with Gasteiger partial charge in [0.05, 0.1) is 6.04 Å². The van der Waals surface area contributed by atoms with Crippen LogP contribution in [-0.2, 0) is 0 Å². The molecule has 0 spiro atoms. The Bertz CT molecular complexity index is 710. The maximum atomic E-state index is 12.5. The predicted molar refractivity (Wildman–Crippen MR) is 84.0 cm³/mol. The van der Waals surface area contributed by atoms with Gasteiger partial charge in [-0.05, 0) is 32.0 Å². The van der Waals surface area contributed by atoms with E-state index in [0.717, 1.165) is 0 Å². The lowest BCUT2D eigenvalue weighted by atomic mass is 9.86. The van der Waals surface area contributed by atoms with E-state index < -0.39 is 17.7 Å². The van der Waals surface area contributed by atoms with E-state index in [1.165, 1.54) is 0 Å². The molecular weight excluding hydrogens is 278 g/mol. The molecule has 4 heteroatoms. The summed E-state index contributed by atoms with van der Waals surface area (Å²) < 4.78 is 5.80. The number of rotatable bonds is 2. The number of aliphatic hydroxyl groups excluding tert-OH is 1. The number of carbonyl (C=O) groups is 1. The van der Waals surface area contributed by atoms with Gasteiger partial charge in [-0.1, -0.05) is 30.3 Å². The Morgan fingerprint density at radius 1 is 1.14 bits per heavy atom. The number of benzene rings is 2. The number of aliphatic hydroxyl groups is 1. The molecule has 0 aliphatic carbocycles. The van der Waals surface area contributed by atoms with Gasteiger partial charge in [-0.15, -0.1) is 0 Å². The first-order chi connectivity index (χ1) is 10.4. The molecular formula is C18H19NO3. The highest BCUT2D eigenvalue weighted by Crippen LogP contribution is 2.39. The monoisotopic (exact) mass is 297 g/mol. The molecule has 1 heterocycles. The number of fused-ring (bicyclic) bond motifs is 1. The van der Waals surface area contributed by atoms with Crippen molar-refractivity contribution in [2.75, 3.05) is 0 Å². The number of nitrogens with two attached hydrogens (primary N) is 1. The van der Waals surface area contributed by atoms with E-state index >= 15 is 0 Å². The van der Waals surface area contributed by atoms with E-state index in [9.17, 15) is 9.90 Å². The Morgan fingerprint density at radius 2 is 1.82 bits per heavy atom. The largest absolute Gasteiger partial charge is 0.485 e. The van der Waals surface area contributed by atoms with Crippen LogP contribution in [0, 0.1) is 0 Å². The van der Waals surface area contributed by atoms with Crippen molar-refractivity contribution in [1.82, 2.24) is 0 Å². The Balaban J connectivity index is 2.00. The van der Waals surface area contributed by atoms with Crippen LogP contribution in [0.25, 0.3) is 0 Å². The lowest BCUT2D eigenvalue weighted by Gasteiger charge is -2.40. The number of carbonyl (C=O) groups excluding carboxylic acids is 1. The fourth-order valence-corrected chi connectivity index (χ4v) is 2.75. The number of hydrogen-bond acceptors (Lipinski definition) is 4. The lowest BCUT2D eigenvalue weighted by molar-refractivity contribution is -0.0571. The van der Waals surface area contributed by atoms with Crippen LogP contribution in [0.3, 0.4) is 0 Å². The third-order valence-corrected chi connectivity index (χ3v) is 4.09. The Morgan fingerprint density at radius 3 is 2.50 bits per heavy atom. The summed E-state index contributed by atoms with van der Waals surface area (Å²) in [6.07, 6.45) is -0.831. The second-order valence-electron chi connectivity index (χ2n) is 6.12. The van der Waals surface area contributed by atoms with E-state index in [1.807, 2.05) is 18.2 Å². The van der Waals surface area contributed by atoms with Gasteiger partial charge in [-0.25, -0.2) is 0 Å². The molecule has 3 N–H and O–H groups in total. The molecule has 2 aromatic carbocycles. The van der Waals surface area contributed by atoms with E-state index in [2.05, 4.69) is 0 Å². The van der Waals surface area contributed by atoms with Crippen molar-refractivity contribution in [2.45, 2.75) is 31.6 Å². The molecule has 0 bridgehead atoms. The lowest BCUT2D eigenvalue weighted by Crippen LogP contribution is -2.51. The van der Waals surface area contributed by atoms with Crippen LogP contribution in [0.2, 0.25) is 0 Å². The first-order valence-corrected chi connectivity index (χ1v) is 7.26. The topological polar surface area (TPSA) is 72.5 Å². The SMILES string of the molecule is CC1(C)Oc2ccc(C(=O)c3ccccc3)cc2[C@@H](N)[C@@H]1O. The average Bonchev–Trinajstić information content (AvgIpc) is 2.52. The number of hydrogen-bond donors (Lipinski definition) is 2. The van der Waals surface area contributed by atoms with Gasteiger partial charge >= 0.3 is 0 Å². The molecule has 4 nitrogen and oxygen atoms in total. The molecule has 2 aromatic rings. The minimum atomic E-state index is -0.831. The van der Waals surface area contributed by atoms with Crippen LogP contribution in [-0.4, -0.2) is 22.6 Å². The number of ketones is 1. The fraction of sp³-hybridized carbons (Fsp3) is 0.278. The summed E-state index contributed by atoms with van der Waals surface area (Å²) in [6, 6.07) is 13.7. The van der Waals surface area contributed by atoms with Gasteiger partial charge in [-0.2, -0.15) is 0 Å². The third kappa shape index (κ3) is 2.40. The average molecular weight is 297 g/mol. The molecule has 0 radical (unpaired) electrons. The van der Waals surface area contributed by atoms with Crippen LogP contribution in [0.1, 0.15) is 41.4 Å². The first kappa shape index (κ1) is 14.8. The normalized spacial score (nSPS) is 22.5. The van der Waals surface area contributed by atoms with Crippen molar-refractivity contribution >= 4 is 5.78 Å². The predicted octanol–water partition coefficient (Wildman–Crippen LogP) is 2.45. The molecule has 3 rings (SSSR count). The Hall–Kier alpha value is -2.17. The van der Waals surface area contributed by atoms with Gasteiger partial charge in [0.15, 0.2) is 5.78 Å². The van der Waals surface area contributed by atoms with Gasteiger partial charge < -0.3 is 15.6 Å². The van der Waals surface area contributed by atoms with Crippen molar-refractivity contribution in [3.63, 3.8) is 0 Å². The van der Waals surface area contributed by atoms with E-state index in [-0.39, 0.29) is 5.78 Å². The molecule has 0 unspecified atom stereocenters. The van der Waals surface area contributed by atoms with Crippen LogP contribution in [0.15, 0.2) is 48.5 Å². The van der Waals surface area contributed by atoms with Crippen LogP contribution >= 0.6 is 0 Å². The summed E-state index contributed by atoms with van der Waals surface area (Å²) in [6.45, 7) is 3.59. The smallest absolute Gasteiger partial charge is 0.193 e. The standard InChI is InChI=1S/C18H19NO3/c1-18(2)17(21)15(19)13-10-12(8-9-14(13)22-18)16(20)11-6-4-3-5-7-11/h3-10,15,17,21H,19H2,1-2H3/t15-,17+/m1/s1. The highest BCUT2D eigenvalue weighted by Gasteiger charge is 2.41. The van der Waals surface area contributed by atoms with Crippen molar-refractivity contribution in [2.24, 2.45) is 5.73 Å². The molecule has 2 atom stereocenters. The molecule has 1 aliphatic rings. The van der Waals surface area contributed by atoms with E-state index in [1.54, 1.807) is 44.2 Å². The maximum absolute atomic E-state index is 12.5. The van der Waals surface area contributed by atoms with Crippen LogP contribution in [0.5, 0.6) is 5.75 Å². The third-order valence-electron chi connectivity index (χ3n) is 4.09. The van der Waals surface area contributed by atoms with Crippen molar-refractivity contribution in [3.05, 3.63) is 65.2 Å². The summed E-state index contributed by atoms with van der Waals surface area (Å²) in [4.78, 5) is 12.5. The maximum Gasteiger partial charge on any atom is 0.193 e. The highest BCUT2D eigenvalue weighted by atomic mass is 16.5. The molecule has 0 aromatic heterocycles. The van der Waals surface area contributed by atoms with Crippen LogP contribution in [0.4, 0.5) is 0 Å². The second-order valence-corrected chi connectivity index (χ2v) is 6.12. The minimum absolute atomic E-state index is 0.0741. The first-order valence-electron chi connectivity index (χ1n) is 7.26. The molecule has 0 saturated carbocycles. The molecule has 0 saturated heterocycles. The summed E-state index contributed by atoms with van der Waals surface area (Å²) in [5, 5.41) is 10.3. The molecule has 0 amide bonds. The zero-order chi connectivity index (χ0) is 15.9. The summed E-state index contributed by atoms with van der Waals surface area (Å²) in [7, 11) is 0. The van der Waals surface area contributed by atoms with Gasteiger partial charge in [0, 0.05) is 16.7 Å². The Labute approximate surface area is 129 Å². The van der Waals surface area contributed by atoms with Gasteiger partial charge in [0.2, 0.25) is 0 Å². The van der Waals surface area contributed by atoms with Crippen molar-refractivity contribution < 1.29 is 14.6 Å². The van der Waals surface area contributed by atoms with Crippen molar-refractivity contribution in [1.29, 1.82) is 0 Å². The molecule has 22 heavy (non-hydrogen) atoms. The van der Waals surface area contributed by atoms with E-state index in [0.29, 0.717) is 22.4 Å². The molecule has 1 aliphatic heterocycles.